The summed E-state index contributed by atoms with van der Waals surface area (Å²) in [6.45, 7) is 0. The van der Waals surface area contributed by atoms with Gasteiger partial charge in [0, 0.05) is 22.7 Å². The number of thioether (sulfide) groups is 1. The van der Waals surface area contributed by atoms with Crippen molar-refractivity contribution in [1.82, 2.24) is 14.8 Å². The third-order valence-electron chi connectivity index (χ3n) is 4.05. The monoisotopic (exact) mass is 389 g/mol. The maximum atomic E-state index is 4.48. The lowest BCUT2D eigenvalue weighted by Gasteiger charge is -2.09. The molecule has 5 heteroatoms. The van der Waals surface area contributed by atoms with Crippen LogP contribution < -0.4 is 0 Å². The van der Waals surface area contributed by atoms with Crippen molar-refractivity contribution in [2.24, 2.45) is 0 Å². The molecule has 2 heterocycles. The van der Waals surface area contributed by atoms with Crippen LogP contribution in [0.5, 0.6) is 0 Å². The first kappa shape index (κ1) is 17.8. The topological polar surface area (TPSA) is 30.7 Å². The smallest absolute Gasteiger partial charge is 0.196 e. The second-order valence-corrected chi connectivity index (χ2v) is 7.97. The summed E-state index contributed by atoms with van der Waals surface area (Å²) in [7, 11) is 0. The van der Waals surface area contributed by atoms with Gasteiger partial charge in [0.25, 0.3) is 0 Å². The van der Waals surface area contributed by atoms with Crippen LogP contribution in [0.4, 0.5) is 0 Å². The zero-order valence-electron chi connectivity index (χ0n) is 14.7. The van der Waals surface area contributed by atoms with Crippen LogP contribution in [0.15, 0.2) is 89.4 Å². The number of nitrogens with zero attached hydrogens (tertiary/aromatic N) is 3. The summed E-state index contributed by atoms with van der Waals surface area (Å²) in [5, 5.41) is 12.0. The van der Waals surface area contributed by atoms with Crippen LogP contribution >= 0.6 is 23.1 Å². The highest BCUT2D eigenvalue weighted by atomic mass is 32.2. The molecule has 0 spiro atoms. The lowest BCUT2D eigenvalue weighted by molar-refractivity contribution is 0.852. The molecular formula is C22H19N3S2. The van der Waals surface area contributed by atoms with E-state index >= 15 is 0 Å². The second kappa shape index (κ2) is 8.84. The fraction of sp³-hybridized carbons (Fsp3) is 0.0909. The molecule has 0 unspecified atom stereocenters. The van der Waals surface area contributed by atoms with Crippen molar-refractivity contribution < 1.29 is 0 Å². The first-order valence-electron chi connectivity index (χ1n) is 8.76. The fourth-order valence-corrected chi connectivity index (χ4v) is 4.27. The van der Waals surface area contributed by atoms with E-state index in [1.807, 2.05) is 24.3 Å². The van der Waals surface area contributed by atoms with E-state index in [1.54, 1.807) is 23.1 Å². The minimum absolute atomic E-state index is 0.792. The van der Waals surface area contributed by atoms with Gasteiger partial charge in [-0.1, -0.05) is 78.5 Å². The van der Waals surface area contributed by atoms with Crippen molar-refractivity contribution in [3.05, 3.63) is 101 Å². The maximum Gasteiger partial charge on any atom is 0.196 e. The van der Waals surface area contributed by atoms with E-state index in [4.69, 9.17) is 0 Å². The van der Waals surface area contributed by atoms with Gasteiger partial charge in [-0.25, -0.2) is 0 Å². The molecule has 4 aromatic rings. The van der Waals surface area contributed by atoms with Crippen LogP contribution in [0.3, 0.4) is 0 Å². The van der Waals surface area contributed by atoms with Crippen molar-refractivity contribution in [2.75, 3.05) is 5.75 Å². The number of aromatic nitrogens is 3. The number of benzene rings is 2. The summed E-state index contributed by atoms with van der Waals surface area (Å²) in [5.74, 6) is 1.82. The molecule has 0 amide bonds. The Hall–Kier alpha value is -2.63. The van der Waals surface area contributed by atoms with Crippen molar-refractivity contribution in [2.45, 2.75) is 11.6 Å². The average Bonchev–Trinajstić information content (AvgIpc) is 3.37. The molecule has 0 saturated heterocycles. The average molecular weight is 390 g/mol. The maximum absolute atomic E-state index is 4.48. The second-order valence-electron chi connectivity index (χ2n) is 5.95. The number of para-hydroxylation sites is 1. The van der Waals surface area contributed by atoms with Gasteiger partial charge >= 0.3 is 0 Å². The molecule has 3 nitrogen and oxygen atoms in total. The molecule has 0 atom stereocenters. The number of rotatable bonds is 7. The highest BCUT2D eigenvalue weighted by Gasteiger charge is 2.14. The largest absolute Gasteiger partial charge is 0.274 e. The lowest BCUT2D eigenvalue weighted by atomic mass is 10.2. The Bertz CT molecular complexity index is 991. The van der Waals surface area contributed by atoms with Gasteiger partial charge in [-0.3, -0.25) is 4.57 Å². The number of hydrogen-bond donors (Lipinski definition) is 0. The quantitative estimate of drug-likeness (QED) is 0.378. The molecular weight excluding hydrogens is 370 g/mol. The molecule has 0 radical (unpaired) electrons. The summed E-state index contributed by atoms with van der Waals surface area (Å²) in [6, 6.07) is 24.9. The SMILES string of the molecule is C(=Cc1ccccc1)CSc1nnc(Cc2cccs2)n1-c1ccccc1. The summed E-state index contributed by atoms with van der Waals surface area (Å²) in [5.41, 5.74) is 2.31. The first-order chi connectivity index (χ1) is 13.4. The Kier molecular flexibility index (Phi) is 5.82. The predicted molar refractivity (Wildman–Crippen MR) is 115 cm³/mol. The van der Waals surface area contributed by atoms with Gasteiger partial charge in [0.1, 0.15) is 5.82 Å². The summed E-state index contributed by atoms with van der Waals surface area (Å²) in [4.78, 5) is 1.29. The Morgan fingerprint density at radius 3 is 2.41 bits per heavy atom. The van der Waals surface area contributed by atoms with Crippen molar-refractivity contribution in [1.29, 1.82) is 0 Å². The highest BCUT2D eigenvalue weighted by molar-refractivity contribution is 7.99. The van der Waals surface area contributed by atoms with Crippen molar-refractivity contribution >= 4 is 29.2 Å². The summed E-state index contributed by atoms with van der Waals surface area (Å²) in [6.07, 6.45) is 5.10. The van der Waals surface area contributed by atoms with Crippen LogP contribution in [-0.4, -0.2) is 20.5 Å². The number of thiophene rings is 1. The van der Waals surface area contributed by atoms with Gasteiger partial charge in [-0.05, 0) is 29.1 Å². The van der Waals surface area contributed by atoms with Gasteiger partial charge in [0.15, 0.2) is 5.16 Å². The minimum Gasteiger partial charge on any atom is -0.274 e. The Labute approximate surface area is 167 Å². The van der Waals surface area contributed by atoms with E-state index in [0.717, 1.165) is 28.8 Å². The van der Waals surface area contributed by atoms with Gasteiger partial charge in [0.05, 0.1) is 0 Å². The standard InChI is InChI=1S/C22H19N3S2/c1-3-9-18(10-4-1)11-7-16-27-22-24-23-21(17-20-14-8-15-26-20)25(22)19-12-5-2-6-13-19/h1-15H,16-17H2. The van der Waals surface area contributed by atoms with Crippen molar-refractivity contribution in [3.63, 3.8) is 0 Å². The Morgan fingerprint density at radius 1 is 0.889 bits per heavy atom. The Morgan fingerprint density at radius 2 is 1.67 bits per heavy atom. The molecule has 0 N–H and O–H groups in total. The van der Waals surface area contributed by atoms with E-state index in [-0.39, 0.29) is 0 Å². The highest BCUT2D eigenvalue weighted by Crippen LogP contribution is 2.24. The molecule has 0 aliphatic rings. The van der Waals surface area contributed by atoms with Crippen LogP contribution in [0.25, 0.3) is 11.8 Å². The normalized spacial score (nSPS) is 11.3. The zero-order chi connectivity index (χ0) is 18.3. The van der Waals surface area contributed by atoms with Gasteiger partial charge in [-0.15, -0.1) is 21.5 Å². The predicted octanol–water partition coefficient (Wildman–Crippen LogP) is 5.73. The van der Waals surface area contributed by atoms with Gasteiger partial charge in [0.2, 0.25) is 0 Å². The van der Waals surface area contributed by atoms with Gasteiger partial charge < -0.3 is 0 Å². The third kappa shape index (κ3) is 4.56. The minimum atomic E-state index is 0.792. The van der Waals surface area contributed by atoms with E-state index in [2.05, 4.69) is 80.8 Å². The van der Waals surface area contributed by atoms with E-state index < -0.39 is 0 Å². The first-order valence-corrected chi connectivity index (χ1v) is 10.6. The van der Waals surface area contributed by atoms with Crippen LogP contribution in [0, 0.1) is 0 Å². The molecule has 0 saturated carbocycles. The molecule has 0 aliphatic heterocycles. The molecule has 0 bridgehead atoms. The molecule has 0 aliphatic carbocycles. The molecule has 27 heavy (non-hydrogen) atoms. The lowest BCUT2D eigenvalue weighted by Crippen LogP contribution is -2.03. The van der Waals surface area contributed by atoms with Crippen molar-refractivity contribution in [3.8, 4) is 5.69 Å². The third-order valence-corrected chi connectivity index (χ3v) is 5.80. The Balaban J connectivity index is 1.55. The van der Waals surface area contributed by atoms with Crippen LogP contribution in [0.2, 0.25) is 0 Å². The fourth-order valence-electron chi connectivity index (χ4n) is 2.78. The number of hydrogen-bond acceptors (Lipinski definition) is 4. The zero-order valence-corrected chi connectivity index (χ0v) is 16.4. The van der Waals surface area contributed by atoms with E-state index in [1.165, 1.54) is 10.4 Å². The van der Waals surface area contributed by atoms with Crippen LogP contribution in [-0.2, 0) is 6.42 Å². The van der Waals surface area contributed by atoms with E-state index in [9.17, 15) is 0 Å². The van der Waals surface area contributed by atoms with Crippen LogP contribution in [0.1, 0.15) is 16.3 Å². The molecule has 0 fully saturated rings. The summed E-state index contributed by atoms with van der Waals surface area (Å²) < 4.78 is 2.17. The van der Waals surface area contributed by atoms with E-state index in [0.29, 0.717) is 0 Å². The summed E-state index contributed by atoms with van der Waals surface area (Å²) >= 11 is 3.45. The molecule has 4 rings (SSSR count). The molecule has 2 aromatic heterocycles. The molecule has 134 valence electrons. The molecule has 2 aromatic carbocycles. The van der Waals surface area contributed by atoms with Gasteiger partial charge in [-0.2, -0.15) is 0 Å².